The summed E-state index contributed by atoms with van der Waals surface area (Å²) in [4.78, 5) is 11.3. The summed E-state index contributed by atoms with van der Waals surface area (Å²) in [5, 5.41) is 15.0. The maximum Gasteiger partial charge on any atom is 0.224 e. The fraction of sp³-hybridized carbons (Fsp3) is 0.500. The number of anilines is 1. The van der Waals surface area contributed by atoms with Gasteiger partial charge in [-0.15, -0.1) is 0 Å². The molecule has 5 heteroatoms. The standard InChI is InChI=1S/C16H21N3O2/c1-11(9-16(2,10-17)18-3)21-13-5-6-14-12(8-13)4-7-15(20)19-14/h5-6,8,11,18H,4,7,9H2,1-3H3,(H,19,20). The van der Waals surface area contributed by atoms with Gasteiger partial charge in [0.2, 0.25) is 5.91 Å². The van der Waals surface area contributed by atoms with Crippen LogP contribution in [0.4, 0.5) is 5.69 Å². The molecule has 0 radical (unpaired) electrons. The summed E-state index contributed by atoms with van der Waals surface area (Å²) in [5.74, 6) is 0.831. The van der Waals surface area contributed by atoms with Gasteiger partial charge in [-0.1, -0.05) is 0 Å². The Bertz CT molecular complexity index is 579. The molecule has 2 N–H and O–H groups in total. The fourth-order valence-corrected chi connectivity index (χ4v) is 2.49. The van der Waals surface area contributed by atoms with Crippen molar-refractivity contribution in [1.29, 1.82) is 5.26 Å². The minimum absolute atomic E-state index is 0.0587. The van der Waals surface area contributed by atoms with Crippen molar-refractivity contribution in [3.05, 3.63) is 23.8 Å². The van der Waals surface area contributed by atoms with Crippen LogP contribution in [0.25, 0.3) is 0 Å². The van der Waals surface area contributed by atoms with Crippen molar-refractivity contribution >= 4 is 11.6 Å². The Hall–Kier alpha value is -2.06. The van der Waals surface area contributed by atoms with Crippen molar-refractivity contribution in [3.63, 3.8) is 0 Å². The maximum absolute atomic E-state index is 11.3. The van der Waals surface area contributed by atoms with Gasteiger partial charge in [0.25, 0.3) is 0 Å². The zero-order chi connectivity index (χ0) is 15.5. The first kappa shape index (κ1) is 15.3. The lowest BCUT2D eigenvalue weighted by Gasteiger charge is -2.26. The summed E-state index contributed by atoms with van der Waals surface area (Å²) in [6, 6.07) is 7.95. The average molecular weight is 287 g/mol. The predicted molar refractivity (Wildman–Crippen MR) is 81.2 cm³/mol. The number of rotatable bonds is 5. The summed E-state index contributed by atoms with van der Waals surface area (Å²) in [6.45, 7) is 3.81. The topological polar surface area (TPSA) is 74.1 Å². The molecule has 0 fully saturated rings. The van der Waals surface area contributed by atoms with Crippen molar-refractivity contribution in [2.75, 3.05) is 12.4 Å². The molecule has 1 aromatic rings. The smallest absolute Gasteiger partial charge is 0.224 e. The van der Waals surface area contributed by atoms with Gasteiger partial charge in [-0.05, 0) is 51.1 Å². The molecule has 0 bridgehead atoms. The molecular weight excluding hydrogens is 266 g/mol. The van der Waals surface area contributed by atoms with Crippen molar-refractivity contribution in [1.82, 2.24) is 5.32 Å². The third-order valence-corrected chi connectivity index (χ3v) is 3.80. The summed E-state index contributed by atoms with van der Waals surface area (Å²) in [6.07, 6.45) is 1.75. The van der Waals surface area contributed by atoms with Gasteiger partial charge in [0, 0.05) is 18.5 Å². The van der Waals surface area contributed by atoms with Gasteiger partial charge in [0.1, 0.15) is 11.3 Å². The number of hydrogen-bond acceptors (Lipinski definition) is 4. The zero-order valence-electron chi connectivity index (χ0n) is 12.7. The first-order valence-electron chi connectivity index (χ1n) is 7.15. The van der Waals surface area contributed by atoms with Crippen molar-refractivity contribution in [2.24, 2.45) is 0 Å². The van der Waals surface area contributed by atoms with E-state index < -0.39 is 5.54 Å². The molecule has 1 aromatic carbocycles. The van der Waals surface area contributed by atoms with Crippen LogP contribution in [0.1, 0.15) is 32.3 Å². The van der Waals surface area contributed by atoms with Crippen LogP contribution in [-0.2, 0) is 11.2 Å². The molecule has 0 saturated heterocycles. The summed E-state index contributed by atoms with van der Waals surface area (Å²) in [5.41, 5.74) is 1.36. The van der Waals surface area contributed by atoms with E-state index in [1.165, 1.54) is 0 Å². The number of nitriles is 1. The first-order valence-corrected chi connectivity index (χ1v) is 7.15. The Labute approximate surface area is 125 Å². The van der Waals surface area contributed by atoms with E-state index in [1.54, 1.807) is 7.05 Å². The molecule has 1 aliphatic heterocycles. The second-order valence-electron chi connectivity index (χ2n) is 5.69. The third-order valence-electron chi connectivity index (χ3n) is 3.80. The molecule has 0 aliphatic carbocycles. The van der Waals surface area contributed by atoms with Crippen LogP contribution in [0.2, 0.25) is 0 Å². The molecule has 21 heavy (non-hydrogen) atoms. The quantitative estimate of drug-likeness (QED) is 0.871. The largest absolute Gasteiger partial charge is 0.491 e. The van der Waals surface area contributed by atoms with E-state index in [9.17, 15) is 10.1 Å². The molecule has 5 nitrogen and oxygen atoms in total. The Kier molecular flexibility index (Phi) is 4.49. The van der Waals surface area contributed by atoms with E-state index in [0.29, 0.717) is 12.8 Å². The molecular formula is C16H21N3O2. The Morgan fingerprint density at radius 3 is 2.95 bits per heavy atom. The van der Waals surface area contributed by atoms with Gasteiger partial charge in [-0.3, -0.25) is 4.79 Å². The minimum atomic E-state index is -0.596. The Morgan fingerprint density at radius 2 is 2.29 bits per heavy atom. The van der Waals surface area contributed by atoms with Crippen LogP contribution in [-0.4, -0.2) is 24.6 Å². The monoisotopic (exact) mass is 287 g/mol. The molecule has 0 spiro atoms. The van der Waals surface area contributed by atoms with E-state index in [1.807, 2.05) is 32.0 Å². The number of fused-ring (bicyclic) bond motifs is 1. The van der Waals surface area contributed by atoms with Crippen molar-refractivity contribution in [3.8, 4) is 11.8 Å². The van der Waals surface area contributed by atoms with Crippen LogP contribution >= 0.6 is 0 Å². The normalized spacial score (nSPS) is 17.9. The lowest BCUT2D eigenvalue weighted by molar-refractivity contribution is -0.116. The number of hydrogen-bond donors (Lipinski definition) is 2. The minimum Gasteiger partial charge on any atom is -0.491 e. The first-order chi connectivity index (χ1) is 9.95. The number of aryl methyl sites for hydroxylation is 1. The SMILES string of the molecule is CNC(C)(C#N)CC(C)Oc1ccc2c(c1)CCC(=O)N2. The third kappa shape index (κ3) is 3.73. The summed E-state index contributed by atoms with van der Waals surface area (Å²) in [7, 11) is 1.78. The Balaban J connectivity index is 2.04. The van der Waals surface area contributed by atoms with Gasteiger partial charge >= 0.3 is 0 Å². The number of carbonyl (C=O) groups is 1. The lowest BCUT2D eigenvalue weighted by atomic mass is 9.97. The molecule has 2 unspecified atom stereocenters. The van der Waals surface area contributed by atoms with Gasteiger partial charge in [-0.2, -0.15) is 5.26 Å². The van der Waals surface area contributed by atoms with Gasteiger partial charge in [0.05, 0.1) is 12.2 Å². The number of nitrogens with zero attached hydrogens (tertiary/aromatic N) is 1. The fourth-order valence-electron chi connectivity index (χ4n) is 2.49. The highest BCUT2D eigenvalue weighted by molar-refractivity contribution is 5.93. The zero-order valence-corrected chi connectivity index (χ0v) is 12.7. The number of carbonyl (C=O) groups excluding carboxylic acids is 1. The molecule has 2 rings (SSSR count). The molecule has 1 aliphatic rings. The predicted octanol–water partition coefficient (Wildman–Crippen LogP) is 2.23. The van der Waals surface area contributed by atoms with Crippen molar-refractivity contribution < 1.29 is 9.53 Å². The second kappa shape index (κ2) is 6.15. The maximum atomic E-state index is 11.3. The molecule has 1 amide bonds. The molecule has 0 aromatic heterocycles. The van der Waals surface area contributed by atoms with E-state index >= 15 is 0 Å². The van der Waals surface area contributed by atoms with Gasteiger partial charge < -0.3 is 15.4 Å². The average Bonchev–Trinajstić information content (AvgIpc) is 2.47. The molecule has 112 valence electrons. The van der Waals surface area contributed by atoms with Crippen LogP contribution in [0.15, 0.2) is 18.2 Å². The lowest BCUT2D eigenvalue weighted by Crippen LogP contribution is -2.41. The molecule has 0 saturated carbocycles. The van der Waals surface area contributed by atoms with Crippen LogP contribution in [0, 0.1) is 11.3 Å². The molecule has 1 heterocycles. The Morgan fingerprint density at radius 1 is 1.52 bits per heavy atom. The van der Waals surface area contributed by atoms with Crippen molar-refractivity contribution in [2.45, 2.75) is 44.8 Å². The van der Waals surface area contributed by atoms with Crippen LogP contribution in [0.3, 0.4) is 0 Å². The van der Waals surface area contributed by atoms with E-state index in [-0.39, 0.29) is 12.0 Å². The molecule has 2 atom stereocenters. The van der Waals surface area contributed by atoms with Crippen LogP contribution in [0.5, 0.6) is 5.75 Å². The highest BCUT2D eigenvalue weighted by Crippen LogP contribution is 2.28. The highest BCUT2D eigenvalue weighted by atomic mass is 16.5. The highest BCUT2D eigenvalue weighted by Gasteiger charge is 2.25. The number of nitrogens with one attached hydrogen (secondary N) is 2. The van der Waals surface area contributed by atoms with Gasteiger partial charge in [-0.25, -0.2) is 0 Å². The van der Waals surface area contributed by atoms with Gasteiger partial charge in [0.15, 0.2) is 0 Å². The number of benzene rings is 1. The number of ether oxygens (including phenoxy) is 1. The van der Waals surface area contributed by atoms with Crippen LogP contribution < -0.4 is 15.4 Å². The summed E-state index contributed by atoms with van der Waals surface area (Å²) < 4.78 is 5.90. The number of amides is 1. The van der Waals surface area contributed by atoms with E-state index in [4.69, 9.17) is 4.74 Å². The van der Waals surface area contributed by atoms with E-state index in [2.05, 4.69) is 16.7 Å². The van der Waals surface area contributed by atoms with E-state index in [0.717, 1.165) is 23.4 Å². The summed E-state index contributed by atoms with van der Waals surface area (Å²) >= 11 is 0. The second-order valence-corrected chi connectivity index (χ2v) is 5.69.